The SMILES string of the molecule is COc1cc2c(=O)c(C(=O)O)cn(C3CC3)c2c(F)c1N1CC2NCCC[C@H]2C1. The van der Waals surface area contributed by atoms with Crippen LogP contribution < -0.4 is 20.4 Å². The number of carboxylic acid groups (broad SMARTS) is 1. The molecule has 2 aliphatic heterocycles. The Labute approximate surface area is 167 Å². The molecule has 0 spiro atoms. The number of halogens is 1. The van der Waals surface area contributed by atoms with Crippen molar-refractivity contribution in [2.75, 3.05) is 31.6 Å². The Morgan fingerprint density at radius 1 is 1.31 bits per heavy atom. The quantitative estimate of drug-likeness (QED) is 0.819. The van der Waals surface area contributed by atoms with Crippen molar-refractivity contribution in [3.8, 4) is 5.75 Å². The first-order chi connectivity index (χ1) is 14.0. The topological polar surface area (TPSA) is 83.8 Å². The van der Waals surface area contributed by atoms with Crippen LogP contribution >= 0.6 is 0 Å². The van der Waals surface area contributed by atoms with Gasteiger partial charge in [-0.05, 0) is 44.2 Å². The number of benzene rings is 1. The second kappa shape index (κ2) is 6.73. The van der Waals surface area contributed by atoms with E-state index >= 15 is 4.39 Å². The summed E-state index contributed by atoms with van der Waals surface area (Å²) in [6, 6.07) is 1.86. The van der Waals surface area contributed by atoms with Gasteiger partial charge in [0.1, 0.15) is 17.0 Å². The van der Waals surface area contributed by atoms with Gasteiger partial charge in [-0.3, -0.25) is 4.79 Å². The van der Waals surface area contributed by atoms with E-state index in [4.69, 9.17) is 4.74 Å². The van der Waals surface area contributed by atoms with E-state index in [2.05, 4.69) is 5.32 Å². The maximum atomic E-state index is 16.0. The van der Waals surface area contributed by atoms with Gasteiger partial charge in [0.05, 0.1) is 18.0 Å². The highest BCUT2D eigenvalue weighted by atomic mass is 19.1. The van der Waals surface area contributed by atoms with Crippen LogP contribution in [0.1, 0.15) is 42.1 Å². The van der Waals surface area contributed by atoms with Gasteiger partial charge in [-0.25, -0.2) is 9.18 Å². The number of piperidine rings is 1. The summed E-state index contributed by atoms with van der Waals surface area (Å²) in [5.41, 5.74) is -0.464. The van der Waals surface area contributed by atoms with E-state index in [1.54, 1.807) is 4.57 Å². The van der Waals surface area contributed by atoms with Crippen molar-refractivity contribution in [3.05, 3.63) is 33.9 Å². The Hall–Kier alpha value is -2.61. The summed E-state index contributed by atoms with van der Waals surface area (Å²) in [6.07, 6.45) is 5.21. The normalized spacial score (nSPS) is 24.0. The lowest BCUT2D eigenvalue weighted by atomic mass is 9.94. The van der Waals surface area contributed by atoms with Gasteiger partial charge in [0.2, 0.25) is 5.43 Å². The maximum absolute atomic E-state index is 16.0. The van der Waals surface area contributed by atoms with Crippen molar-refractivity contribution in [2.45, 2.75) is 37.8 Å². The number of nitrogens with zero attached hydrogens (tertiary/aromatic N) is 2. The molecule has 29 heavy (non-hydrogen) atoms. The van der Waals surface area contributed by atoms with Crippen LogP contribution in [-0.4, -0.2) is 48.4 Å². The first-order valence-corrected chi connectivity index (χ1v) is 10.2. The third-order valence-corrected chi connectivity index (χ3v) is 6.50. The Morgan fingerprint density at radius 3 is 2.76 bits per heavy atom. The monoisotopic (exact) mass is 401 g/mol. The number of hydrogen-bond acceptors (Lipinski definition) is 5. The van der Waals surface area contributed by atoms with Crippen molar-refractivity contribution >= 4 is 22.6 Å². The van der Waals surface area contributed by atoms with Crippen LogP contribution in [0.5, 0.6) is 5.75 Å². The molecule has 1 saturated carbocycles. The molecule has 3 heterocycles. The van der Waals surface area contributed by atoms with Gasteiger partial charge in [0.25, 0.3) is 0 Å². The smallest absolute Gasteiger partial charge is 0.341 e. The zero-order valence-electron chi connectivity index (χ0n) is 16.3. The number of pyridine rings is 1. The molecule has 2 N–H and O–H groups in total. The van der Waals surface area contributed by atoms with Gasteiger partial charge < -0.3 is 24.6 Å². The lowest BCUT2D eigenvalue weighted by Gasteiger charge is -2.24. The van der Waals surface area contributed by atoms with E-state index in [1.807, 2.05) is 4.90 Å². The number of carbonyl (C=O) groups is 1. The summed E-state index contributed by atoms with van der Waals surface area (Å²) in [4.78, 5) is 26.4. The van der Waals surface area contributed by atoms with Crippen LogP contribution in [0, 0.1) is 11.7 Å². The lowest BCUT2D eigenvalue weighted by Crippen LogP contribution is -2.40. The van der Waals surface area contributed by atoms with E-state index < -0.39 is 17.2 Å². The van der Waals surface area contributed by atoms with Crippen molar-refractivity contribution in [1.29, 1.82) is 0 Å². The highest BCUT2D eigenvalue weighted by Crippen LogP contribution is 2.43. The molecule has 7 nitrogen and oxygen atoms in total. The summed E-state index contributed by atoms with van der Waals surface area (Å²) in [7, 11) is 1.45. The molecule has 154 valence electrons. The van der Waals surface area contributed by atoms with Gasteiger partial charge in [-0.2, -0.15) is 0 Å². The average Bonchev–Trinajstić information content (AvgIpc) is 3.46. The molecule has 0 amide bonds. The molecule has 3 fully saturated rings. The number of aromatic nitrogens is 1. The molecule has 1 unspecified atom stereocenters. The summed E-state index contributed by atoms with van der Waals surface area (Å²) in [5, 5.41) is 13.0. The fourth-order valence-corrected chi connectivity index (χ4v) is 4.91. The van der Waals surface area contributed by atoms with Crippen molar-refractivity contribution < 1.29 is 19.0 Å². The fraction of sp³-hybridized carbons (Fsp3) is 0.524. The molecule has 3 aliphatic rings. The van der Waals surface area contributed by atoms with Crippen LogP contribution in [0.25, 0.3) is 10.9 Å². The lowest BCUT2D eigenvalue weighted by molar-refractivity contribution is 0.0695. The molecular weight excluding hydrogens is 377 g/mol. The third-order valence-electron chi connectivity index (χ3n) is 6.50. The molecule has 2 atom stereocenters. The molecule has 2 saturated heterocycles. The van der Waals surface area contributed by atoms with Crippen LogP contribution in [0.3, 0.4) is 0 Å². The minimum absolute atomic E-state index is 0.0229. The molecular formula is C21H24FN3O4. The number of hydrogen-bond donors (Lipinski definition) is 2. The highest BCUT2D eigenvalue weighted by molar-refractivity contribution is 5.95. The van der Waals surface area contributed by atoms with Crippen molar-refractivity contribution in [1.82, 2.24) is 9.88 Å². The number of rotatable bonds is 4. The maximum Gasteiger partial charge on any atom is 0.341 e. The van der Waals surface area contributed by atoms with Gasteiger partial charge >= 0.3 is 5.97 Å². The Balaban J connectivity index is 1.72. The molecule has 1 aromatic heterocycles. The first-order valence-electron chi connectivity index (χ1n) is 10.2. The van der Waals surface area contributed by atoms with E-state index in [0.717, 1.165) is 38.8 Å². The number of nitrogens with one attached hydrogen (secondary N) is 1. The number of ether oxygens (including phenoxy) is 1. The third kappa shape index (κ3) is 2.88. The predicted octanol–water partition coefficient (Wildman–Crippen LogP) is 2.37. The average molecular weight is 401 g/mol. The summed E-state index contributed by atoms with van der Waals surface area (Å²) in [6.45, 7) is 2.40. The number of aromatic carboxylic acids is 1. The summed E-state index contributed by atoms with van der Waals surface area (Å²) >= 11 is 0. The first kappa shape index (κ1) is 18.4. The number of fused-ring (bicyclic) bond motifs is 2. The minimum Gasteiger partial charge on any atom is -0.494 e. The minimum atomic E-state index is -1.30. The second-order valence-corrected chi connectivity index (χ2v) is 8.32. The zero-order chi connectivity index (χ0) is 20.3. The Kier molecular flexibility index (Phi) is 4.27. The van der Waals surface area contributed by atoms with Gasteiger partial charge in [-0.1, -0.05) is 0 Å². The van der Waals surface area contributed by atoms with Gasteiger partial charge in [0, 0.05) is 31.4 Å². The molecule has 0 bridgehead atoms. The van der Waals surface area contributed by atoms with E-state index in [9.17, 15) is 14.7 Å². The van der Waals surface area contributed by atoms with Crippen molar-refractivity contribution in [2.24, 2.45) is 5.92 Å². The van der Waals surface area contributed by atoms with Crippen molar-refractivity contribution in [3.63, 3.8) is 0 Å². The summed E-state index contributed by atoms with van der Waals surface area (Å²) < 4.78 is 23.1. The molecule has 5 rings (SSSR count). The van der Waals surface area contributed by atoms with E-state index in [0.29, 0.717) is 24.2 Å². The Bertz CT molecular complexity index is 1050. The highest BCUT2D eigenvalue weighted by Gasteiger charge is 2.38. The number of anilines is 1. The molecule has 2 aromatic rings. The van der Waals surface area contributed by atoms with Crippen LogP contribution in [-0.2, 0) is 0 Å². The van der Waals surface area contributed by atoms with Gasteiger partial charge in [0.15, 0.2) is 5.82 Å². The largest absolute Gasteiger partial charge is 0.494 e. The van der Waals surface area contributed by atoms with Crippen LogP contribution in [0.2, 0.25) is 0 Å². The summed E-state index contributed by atoms with van der Waals surface area (Å²) in [5.74, 6) is -1.07. The standard InChI is InChI=1S/C21H24FN3O4/c1-29-16-7-13-18(25(12-4-5-12)9-14(20(13)26)21(27)28)17(22)19(16)24-8-11-3-2-6-23-15(11)10-24/h7,9,11-12,15,23H,2-6,8,10H2,1H3,(H,27,28)/t11-,15?/m0/s1. The van der Waals surface area contributed by atoms with Gasteiger partial charge in [-0.15, -0.1) is 0 Å². The molecule has 1 aromatic carbocycles. The van der Waals surface area contributed by atoms with E-state index in [1.165, 1.54) is 19.4 Å². The van der Waals surface area contributed by atoms with E-state index in [-0.39, 0.29) is 28.3 Å². The molecule has 8 heteroatoms. The zero-order valence-corrected chi connectivity index (χ0v) is 16.3. The molecule has 1 aliphatic carbocycles. The second-order valence-electron chi connectivity index (χ2n) is 8.32. The molecule has 0 radical (unpaired) electrons. The fourth-order valence-electron chi connectivity index (χ4n) is 4.91. The Morgan fingerprint density at radius 2 is 2.10 bits per heavy atom. The predicted molar refractivity (Wildman–Crippen MR) is 107 cm³/mol. The van der Waals surface area contributed by atoms with Crippen LogP contribution in [0.15, 0.2) is 17.1 Å². The number of methoxy groups -OCH3 is 1. The number of carboxylic acids is 1. The van der Waals surface area contributed by atoms with Crippen LogP contribution in [0.4, 0.5) is 10.1 Å².